The van der Waals surface area contributed by atoms with E-state index in [1.165, 1.54) is 18.2 Å². The maximum atomic E-state index is 13.6. The number of rotatable bonds is 5. The third kappa shape index (κ3) is 3.88. The Kier molecular flexibility index (Phi) is 5.00. The van der Waals surface area contributed by atoms with Crippen molar-refractivity contribution in [2.45, 2.75) is 18.9 Å². The predicted molar refractivity (Wildman–Crippen MR) is 117 cm³/mol. The Morgan fingerprint density at radius 3 is 2.39 bits per heavy atom. The van der Waals surface area contributed by atoms with E-state index in [1.54, 1.807) is 34.9 Å². The average Bonchev–Trinajstić information content (AvgIpc) is 3.32. The minimum Gasteiger partial charge on any atom is -0.497 e. The third-order valence-electron chi connectivity index (χ3n) is 5.73. The summed E-state index contributed by atoms with van der Waals surface area (Å²) in [4.78, 5) is 15.2. The number of fused-ring (bicyclic) bond motifs is 2. The zero-order valence-corrected chi connectivity index (χ0v) is 17.5. The molecule has 0 radical (unpaired) electrons. The fourth-order valence-corrected chi connectivity index (χ4v) is 4.27. The van der Waals surface area contributed by atoms with Gasteiger partial charge in [-0.15, -0.1) is 13.2 Å². The van der Waals surface area contributed by atoms with Crippen molar-refractivity contribution in [2.24, 2.45) is 0 Å². The number of ether oxygens (including phenoxy) is 2. The van der Waals surface area contributed by atoms with Gasteiger partial charge in [-0.25, -0.2) is 0 Å². The number of alkyl halides is 3. The summed E-state index contributed by atoms with van der Waals surface area (Å²) in [5, 5.41) is 0.933. The summed E-state index contributed by atoms with van der Waals surface area (Å²) in [5.41, 5.74) is 2.68. The van der Waals surface area contributed by atoms with E-state index in [0.29, 0.717) is 17.0 Å². The number of hydrogen-bond acceptors (Lipinski definition) is 3. The van der Waals surface area contributed by atoms with Crippen molar-refractivity contribution in [1.82, 2.24) is 4.57 Å². The van der Waals surface area contributed by atoms with Crippen LogP contribution in [0.3, 0.4) is 0 Å². The zero-order chi connectivity index (χ0) is 23.2. The van der Waals surface area contributed by atoms with E-state index < -0.39 is 12.4 Å². The first-order chi connectivity index (χ1) is 15.8. The van der Waals surface area contributed by atoms with Gasteiger partial charge in [0.15, 0.2) is 0 Å². The molecule has 168 valence electrons. The van der Waals surface area contributed by atoms with Gasteiger partial charge >= 0.3 is 6.36 Å². The van der Waals surface area contributed by atoms with Gasteiger partial charge < -0.3 is 18.9 Å². The average molecular weight is 452 g/mol. The van der Waals surface area contributed by atoms with Crippen LogP contribution in [0.5, 0.6) is 11.5 Å². The van der Waals surface area contributed by atoms with Gasteiger partial charge in [0.1, 0.15) is 17.5 Å². The van der Waals surface area contributed by atoms with Crippen LogP contribution in [-0.2, 0) is 11.3 Å². The summed E-state index contributed by atoms with van der Waals surface area (Å²) >= 11 is 0. The molecule has 8 heteroatoms. The Morgan fingerprint density at radius 2 is 1.67 bits per heavy atom. The highest BCUT2D eigenvalue weighted by Crippen LogP contribution is 2.43. The normalized spacial score (nSPS) is 15.7. The lowest BCUT2D eigenvalue weighted by atomic mass is 10.1. The van der Waals surface area contributed by atoms with E-state index in [2.05, 4.69) is 4.74 Å². The van der Waals surface area contributed by atoms with Crippen molar-refractivity contribution in [3.8, 4) is 11.5 Å². The molecule has 1 aromatic heterocycles. The fraction of sp³-hybridized carbons (Fsp3) is 0.160. The lowest BCUT2D eigenvalue weighted by molar-refractivity contribution is -0.274. The van der Waals surface area contributed by atoms with Crippen LogP contribution in [-0.4, -0.2) is 23.9 Å². The molecule has 33 heavy (non-hydrogen) atoms. The van der Waals surface area contributed by atoms with Crippen molar-refractivity contribution in [2.75, 3.05) is 12.0 Å². The van der Waals surface area contributed by atoms with Crippen LogP contribution in [0.2, 0.25) is 0 Å². The van der Waals surface area contributed by atoms with Crippen LogP contribution in [0.25, 0.3) is 10.9 Å². The molecule has 4 aromatic rings. The molecule has 0 spiro atoms. The minimum atomic E-state index is -4.82. The molecule has 0 saturated carbocycles. The van der Waals surface area contributed by atoms with Crippen molar-refractivity contribution < 1.29 is 27.4 Å². The molecule has 0 saturated heterocycles. The summed E-state index contributed by atoms with van der Waals surface area (Å²) in [6, 6.07) is 20.0. The number of aromatic nitrogens is 1. The second kappa shape index (κ2) is 7.88. The number of methoxy groups -OCH3 is 1. The van der Waals surface area contributed by atoms with Gasteiger partial charge in [0, 0.05) is 17.3 Å². The van der Waals surface area contributed by atoms with Gasteiger partial charge in [-0.3, -0.25) is 4.79 Å². The van der Waals surface area contributed by atoms with E-state index in [0.717, 1.165) is 16.5 Å². The number of anilines is 1. The van der Waals surface area contributed by atoms with Gasteiger partial charge in [-0.2, -0.15) is 0 Å². The van der Waals surface area contributed by atoms with Gasteiger partial charge in [-0.05, 0) is 53.4 Å². The molecule has 0 bridgehead atoms. The largest absolute Gasteiger partial charge is 0.573 e. The third-order valence-corrected chi connectivity index (χ3v) is 5.73. The number of nitrogens with zero attached hydrogens (tertiary/aromatic N) is 2. The molecule has 5 nitrogen and oxygen atoms in total. The number of halogens is 3. The fourth-order valence-electron chi connectivity index (χ4n) is 4.27. The summed E-state index contributed by atoms with van der Waals surface area (Å²) in [6.45, 7) is 0.269. The first-order valence-electron chi connectivity index (χ1n) is 10.2. The van der Waals surface area contributed by atoms with Gasteiger partial charge in [-0.1, -0.05) is 30.3 Å². The highest BCUT2D eigenvalue weighted by molar-refractivity contribution is 6.05. The highest BCUT2D eigenvalue weighted by Gasteiger charge is 2.40. The monoisotopic (exact) mass is 452 g/mol. The molecule has 5 rings (SSSR count). The molecule has 0 N–H and O–H groups in total. The van der Waals surface area contributed by atoms with E-state index >= 15 is 0 Å². The number of hydrogen-bond donors (Lipinski definition) is 0. The number of para-hydroxylation sites is 1. The van der Waals surface area contributed by atoms with Crippen LogP contribution in [0.1, 0.15) is 17.2 Å². The van der Waals surface area contributed by atoms with Gasteiger partial charge in [0.25, 0.3) is 5.91 Å². The Labute approximate surface area is 187 Å². The van der Waals surface area contributed by atoms with Crippen LogP contribution in [0, 0.1) is 0 Å². The molecule has 1 aliphatic rings. The van der Waals surface area contributed by atoms with Crippen molar-refractivity contribution in [3.05, 3.63) is 90.1 Å². The topological polar surface area (TPSA) is 43.7 Å². The number of carbonyl (C=O) groups excluding carboxylic acids is 1. The van der Waals surface area contributed by atoms with Crippen LogP contribution in [0.15, 0.2) is 79.0 Å². The molecule has 1 amide bonds. The molecule has 0 fully saturated rings. The summed E-state index contributed by atoms with van der Waals surface area (Å²) in [5.74, 6) is 0.102. The van der Waals surface area contributed by atoms with Crippen molar-refractivity contribution in [1.29, 1.82) is 0 Å². The Morgan fingerprint density at radius 1 is 0.939 bits per heavy atom. The smallest absolute Gasteiger partial charge is 0.497 e. The van der Waals surface area contributed by atoms with E-state index in [-0.39, 0.29) is 18.2 Å². The summed E-state index contributed by atoms with van der Waals surface area (Å²) < 4.78 is 49.7. The second-order valence-corrected chi connectivity index (χ2v) is 7.73. The quantitative estimate of drug-likeness (QED) is 0.391. The van der Waals surface area contributed by atoms with Crippen molar-refractivity contribution in [3.63, 3.8) is 0 Å². The first-order valence-corrected chi connectivity index (χ1v) is 10.2. The molecule has 1 atom stereocenters. The molecular formula is C25H19F3N2O3. The summed E-state index contributed by atoms with van der Waals surface area (Å²) in [7, 11) is 1.57. The SMILES string of the molecule is COc1ccc(CN2C(=O)C(n3ccc4ccccc43)c3cc(OC(F)(F)F)ccc32)cc1. The maximum absolute atomic E-state index is 13.6. The van der Waals surface area contributed by atoms with Crippen molar-refractivity contribution >= 4 is 22.5 Å². The Hall–Kier alpha value is -3.94. The number of carbonyl (C=O) groups is 1. The first kappa shape index (κ1) is 20.9. The van der Waals surface area contributed by atoms with Gasteiger partial charge in [0.2, 0.25) is 0 Å². The lowest BCUT2D eigenvalue weighted by Gasteiger charge is -2.19. The molecule has 3 aromatic carbocycles. The minimum absolute atomic E-state index is 0.230. The summed E-state index contributed by atoms with van der Waals surface area (Å²) in [6.07, 6.45) is -3.04. The van der Waals surface area contributed by atoms with E-state index in [1.807, 2.05) is 42.5 Å². The molecule has 0 aliphatic carbocycles. The second-order valence-electron chi connectivity index (χ2n) is 7.73. The van der Waals surface area contributed by atoms with E-state index in [9.17, 15) is 18.0 Å². The molecule has 1 aliphatic heterocycles. The lowest BCUT2D eigenvalue weighted by Crippen LogP contribution is -2.30. The predicted octanol–water partition coefficient (Wildman–Crippen LogP) is 5.68. The number of benzene rings is 3. The molecular weight excluding hydrogens is 433 g/mol. The Bertz CT molecular complexity index is 1330. The highest BCUT2D eigenvalue weighted by atomic mass is 19.4. The van der Waals surface area contributed by atoms with Crippen LogP contribution >= 0.6 is 0 Å². The zero-order valence-electron chi connectivity index (χ0n) is 17.5. The number of amides is 1. The van der Waals surface area contributed by atoms with Gasteiger partial charge in [0.05, 0.1) is 19.3 Å². The standard InChI is InChI=1S/C25H19F3N2O3/c1-32-18-8-6-16(7-9-18)15-30-22-11-10-19(33-25(26,27)28)14-20(22)23(24(30)31)29-13-12-17-4-2-3-5-21(17)29/h2-14,23H,15H2,1H3. The van der Waals surface area contributed by atoms with Crippen LogP contribution in [0.4, 0.5) is 18.9 Å². The Balaban J connectivity index is 1.59. The van der Waals surface area contributed by atoms with Crippen LogP contribution < -0.4 is 14.4 Å². The van der Waals surface area contributed by atoms with E-state index in [4.69, 9.17) is 4.74 Å². The maximum Gasteiger partial charge on any atom is 0.573 e. The molecule has 2 heterocycles. The molecule has 1 unspecified atom stereocenters.